The third kappa shape index (κ3) is 4.41. The van der Waals surface area contributed by atoms with Crippen LogP contribution in [0.25, 0.3) is 11.4 Å². The number of pyridine rings is 2. The third-order valence-corrected chi connectivity index (χ3v) is 4.81. The number of aromatic nitrogens is 4. The summed E-state index contributed by atoms with van der Waals surface area (Å²) < 4.78 is 8.08. The molecule has 0 atom stereocenters. The van der Waals surface area contributed by atoms with Crippen LogP contribution in [0.4, 0.5) is 5.69 Å². The highest BCUT2D eigenvalue weighted by molar-refractivity contribution is 5.92. The number of hydrogen-bond acceptors (Lipinski definition) is 6. The molecule has 0 bridgehead atoms. The fourth-order valence-corrected chi connectivity index (χ4v) is 3.35. The van der Waals surface area contributed by atoms with E-state index in [9.17, 15) is 14.4 Å². The molecule has 2 aromatic rings. The van der Waals surface area contributed by atoms with Crippen LogP contribution >= 0.6 is 0 Å². The van der Waals surface area contributed by atoms with E-state index in [2.05, 4.69) is 15.3 Å². The summed E-state index contributed by atoms with van der Waals surface area (Å²) in [6.45, 7) is 2.29. The first-order valence-electron chi connectivity index (χ1n) is 10.1. The molecule has 162 valence electrons. The predicted octanol–water partition coefficient (Wildman–Crippen LogP) is 1.99. The molecule has 2 aliphatic rings. The molecule has 1 aromatic heterocycles. The number of para-hydroxylation sites is 2. The van der Waals surface area contributed by atoms with Crippen molar-refractivity contribution in [3.05, 3.63) is 93.5 Å². The zero-order valence-corrected chi connectivity index (χ0v) is 17.4. The lowest BCUT2D eigenvalue weighted by atomic mass is 10.2. The third-order valence-electron chi connectivity index (χ3n) is 4.81. The van der Waals surface area contributed by atoms with Gasteiger partial charge in [0.1, 0.15) is 12.3 Å². The van der Waals surface area contributed by atoms with E-state index < -0.39 is 11.2 Å². The number of nitrogens with zero attached hydrogens (tertiary/aromatic N) is 4. The molecule has 1 aromatic carbocycles. The van der Waals surface area contributed by atoms with Crippen LogP contribution in [-0.2, 0) is 17.9 Å². The number of fused-ring (bicyclic) bond motifs is 1. The van der Waals surface area contributed by atoms with Gasteiger partial charge in [0.25, 0.3) is 5.56 Å². The molecule has 4 rings (SSSR count). The highest BCUT2D eigenvalue weighted by atomic mass is 16.5. The van der Waals surface area contributed by atoms with Gasteiger partial charge in [-0.2, -0.15) is 4.98 Å². The number of amides is 1. The molecule has 9 nitrogen and oxygen atoms in total. The lowest BCUT2D eigenvalue weighted by Crippen LogP contribution is -2.38. The number of carbonyl (C=O) groups is 1. The second-order valence-corrected chi connectivity index (χ2v) is 6.99. The van der Waals surface area contributed by atoms with Crippen LogP contribution in [0.1, 0.15) is 12.5 Å². The van der Waals surface area contributed by atoms with Crippen molar-refractivity contribution in [1.29, 1.82) is 0 Å². The largest absolute Gasteiger partial charge is 0.492 e. The molecule has 1 amide bonds. The van der Waals surface area contributed by atoms with Gasteiger partial charge in [-0.25, -0.2) is 4.79 Å². The first-order chi connectivity index (χ1) is 15.6. The Morgan fingerprint density at radius 1 is 1.06 bits per heavy atom. The minimum absolute atomic E-state index is 0.0900. The summed E-state index contributed by atoms with van der Waals surface area (Å²) in [7, 11) is 0. The summed E-state index contributed by atoms with van der Waals surface area (Å²) in [5.74, 6) is 0.372. The molecule has 0 saturated carbocycles. The van der Waals surface area contributed by atoms with Gasteiger partial charge in [0.05, 0.1) is 24.4 Å². The molecule has 0 saturated heterocycles. The van der Waals surface area contributed by atoms with E-state index >= 15 is 0 Å². The van der Waals surface area contributed by atoms with E-state index in [1.807, 2.05) is 13.0 Å². The summed E-state index contributed by atoms with van der Waals surface area (Å²) in [5, 5.41) is 2.80. The quantitative estimate of drug-likeness (QED) is 0.479. The SMILES string of the molecule is CCOc1ccccc1NC(=O)Cn1cccc2c(=O)n(Cc3ccncc3)c(=O)nc1-2. The number of hydrogen-bond donors (Lipinski definition) is 1. The average molecular weight is 431 g/mol. The van der Waals surface area contributed by atoms with Crippen molar-refractivity contribution in [3.63, 3.8) is 0 Å². The fraction of sp³-hybridized carbons (Fsp3) is 0.174. The van der Waals surface area contributed by atoms with E-state index in [1.54, 1.807) is 61.1 Å². The van der Waals surface area contributed by atoms with Crippen molar-refractivity contribution in [2.45, 2.75) is 20.0 Å². The maximum Gasteiger partial charge on any atom is 0.352 e. The Kier molecular flexibility index (Phi) is 6.07. The van der Waals surface area contributed by atoms with E-state index in [4.69, 9.17) is 4.74 Å². The van der Waals surface area contributed by atoms with Gasteiger partial charge in [-0.05, 0) is 48.9 Å². The number of benzene rings is 1. The summed E-state index contributed by atoms with van der Waals surface area (Å²) in [6.07, 6.45) is 4.79. The fourth-order valence-electron chi connectivity index (χ4n) is 3.35. The van der Waals surface area contributed by atoms with Crippen LogP contribution in [-0.4, -0.2) is 31.6 Å². The Morgan fingerprint density at radius 3 is 2.62 bits per heavy atom. The number of carbonyl (C=O) groups excluding carboxylic acids is 1. The molecule has 0 unspecified atom stereocenters. The van der Waals surface area contributed by atoms with Gasteiger partial charge in [0.2, 0.25) is 5.91 Å². The molecule has 0 aliphatic carbocycles. The van der Waals surface area contributed by atoms with Crippen LogP contribution in [0.15, 0.2) is 76.7 Å². The van der Waals surface area contributed by atoms with Gasteiger partial charge in [-0.3, -0.25) is 19.1 Å². The zero-order chi connectivity index (χ0) is 22.5. The second-order valence-electron chi connectivity index (χ2n) is 6.99. The minimum Gasteiger partial charge on any atom is -0.492 e. The van der Waals surface area contributed by atoms with E-state index in [1.165, 1.54) is 4.57 Å². The van der Waals surface area contributed by atoms with Crippen molar-refractivity contribution in [1.82, 2.24) is 19.1 Å². The van der Waals surface area contributed by atoms with E-state index in [0.717, 1.165) is 10.1 Å². The summed E-state index contributed by atoms with van der Waals surface area (Å²) in [4.78, 5) is 46.3. The van der Waals surface area contributed by atoms with Crippen LogP contribution in [0.2, 0.25) is 0 Å². The molecule has 0 spiro atoms. The van der Waals surface area contributed by atoms with E-state index in [-0.39, 0.29) is 30.4 Å². The molecule has 0 radical (unpaired) electrons. The Balaban J connectivity index is 1.62. The van der Waals surface area contributed by atoms with Gasteiger partial charge >= 0.3 is 5.69 Å². The van der Waals surface area contributed by atoms with Crippen LogP contribution in [0.5, 0.6) is 5.75 Å². The van der Waals surface area contributed by atoms with Gasteiger partial charge in [0, 0.05) is 18.6 Å². The predicted molar refractivity (Wildman–Crippen MR) is 119 cm³/mol. The highest BCUT2D eigenvalue weighted by Crippen LogP contribution is 2.23. The lowest BCUT2D eigenvalue weighted by molar-refractivity contribution is -0.116. The summed E-state index contributed by atoms with van der Waals surface area (Å²) in [5.41, 5.74) is 0.409. The molecule has 32 heavy (non-hydrogen) atoms. The maximum atomic E-state index is 13.0. The van der Waals surface area contributed by atoms with E-state index in [0.29, 0.717) is 18.0 Å². The number of nitrogens with one attached hydrogen (secondary N) is 1. The lowest BCUT2D eigenvalue weighted by Gasteiger charge is -2.16. The van der Waals surface area contributed by atoms with Crippen molar-refractivity contribution in [2.75, 3.05) is 11.9 Å². The van der Waals surface area contributed by atoms with Gasteiger partial charge in [-0.1, -0.05) is 12.1 Å². The number of ether oxygens (including phenoxy) is 1. The molecule has 9 heteroatoms. The average Bonchev–Trinajstić information content (AvgIpc) is 2.79. The minimum atomic E-state index is -0.679. The maximum absolute atomic E-state index is 13.0. The van der Waals surface area contributed by atoms with Crippen LogP contribution < -0.4 is 21.3 Å². The first-order valence-corrected chi connectivity index (χ1v) is 10.1. The van der Waals surface area contributed by atoms with Crippen LogP contribution in [0.3, 0.4) is 0 Å². The van der Waals surface area contributed by atoms with Crippen LogP contribution in [0, 0.1) is 0 Å². The Bertz CT molecular complexity index is 1330. The molecule has 2 aliphatic heterocycles. The zero-order valence-electron chi connectivity index (χ0n) is 17.4. The first kappa shape index (κ1) is 21.0. The smallest absolute Gasteiger partial charge is 0.352 e. The second kappa shape index (κ2) is 9.25. The molecular formula is C23H21N5O4. The topological polar surface area (TPSA) is 108 Å². The van der Waals surface area contributed by atoms with Gasteiger partial charge in [-0.15, -0.1) is 0 Å². The Hall–Kier alpha value is -4.27. The summed E-state index contributed by atoms with van der Waals surface area (Å²) >= 11 is 0. The normalized spacial score (nSPS) is 10.8. The van der Waals surface area contributed by atoms with Crippen molar-refractivity contribution in [2.24, 2.45) is 0 Å². The van der Waals surface area contributed by atoms with Crippen molar-refractivity contribution < 1.29 is 9.53 Å². The molecule has 0 fully saturated rings. The van der Waals surface area contributed by atoms with Crippen molar-refractivity contribution in [3.8, 4) is 17.1 Å². The monoisotopic (exact) mass is 431 g/mol. The highest BCUT2D eigenvalue weighted by Gasteiger charge is 2.18. The van der Waals surface area contributed by atoms with Gasteiger partial charge in [0.15, 0.2) is 5.82 Å². The molecule has 3 heterocycles. The summed E-state index contributed by atoms with van der Waals surface area (Å²) in [6, 6.07) is 13.8. The standard InChI is InChI=1S/C23H21N5O4/c1-2-32-19-8-4-3-7-18(19)25-20(29)15-27-13-5-6-17-21(27)26-23(31)28(22(17)30)14-16-9-11-24-12-10-16/h3-13H,2,14-15H2,1H3,(H,25,29). The van der Waals surface area contributed by atoms with Crippen molar-refractivity contribution >= 4 is 11.6 Å². The van der Waals surface area contributed by atoms with Gasteiger partial charge < -0.3 is 14.6 Å². The molecular weight excluding hydrogens is 410 g/mol. The Labute approximate surface area is 183 Å². The molecule has 1 N–H and O–H groups in total. The Morgan fingerprint density at radius 2 is 1.84 bits per heavy atom. The number of rotatable bonds is 7. The number of anilines is 1.